The van der Waals surface area contributed by atoms with Crippen LogP contribution >= 0.6 is 11.6 Å². The third kappa shape index (κ3) is 6.17. The first kappa shape index (κ1) is 23.6. The van der Waals surface area contributed by atoms with E-state index in [9.17, 15) is 18.0 Å². The molecule has 0 aliphatic carbocycles. The van der Waals surface area contributed by atoms with Gasteiger partial charge in [0.05, 0.1) is 11.6 Å². The lowest BCUT2D eigenvalue weighted by molar-refractivity contribution is -0.143. The van der Waals surface area contributed by atoms with E-state index in [0.717, 1.165) is 19.3 Å². The molecule has 1 fully saturated rings. The summed E-state index contributed by atoms with van der Waals surface area (Å²) in [4.78, 5) is 26.3. The van der Waals surface area contributed by atoms with Gasteiger partial charge in [-0.2, -0.15) is 4.31 Å². The summed E-state index contributed by atoms with van der Waals surface area (Å²) in [6.07, 6.45) is 2.60. The first-order chi connectivity index (χ1) is 13.7. The normalized spacial score (nSPS) is 15.3. The van der Waals surface area contributed by atoms with Gasteiger partial charge in [0.2, 0.25) is 10.0 Å². The number of hydrogen-bond donors (Lipinski definition) is 0. The Morgan fingerprint density at radius 3 is 2.45 bits per heavy atom. The molecule has 2 rings (SSSR count). The van der Waals surface area contributed by atoms with Gasteiger partial charge in [0, 0.05) is 25.2 Å². The molecule has 1 aliphatic rings. The Balaban J connectivity index is 2.34. The van der Waals surface area contributed by atoms with E-state index < -0.39 is 21.9 Å². The smallest absolute Gasteiger partial charge is 0.325 e. The highest BCUT2D eigenvalue weighted by Gasteiger charge is 2.30. The lowest BCUT2D eigenvalue weighted by Gasteiger charge is -2.27. The zero-order valence-corrected chi connectivity index (χ0v) is 18.8. The van der Waals surface area contributed by atoms with Crippen LogP contribution < -0.4 is 0 Å². The maximum atomic E-state index is 13.1. The van der Waals surface area contributed by atoms with Gasteiger partial charge in [-0.05, 0) is 43.9 Å². The molecule has 1 aliphatic heterocycles. The van der Waals surface area contributed by atoms with Gasteiger partial charge in [-0.3, -0.25) is 9.59 Å². The fourth-order valence-electron chi connectivity index (χ4n) is 3.28. The van der Waals surface area contributed by atoms with Crippen molar-refractivity contribution in [1.29, 1.82) is 0 Å². The number of halogens is 1. The Morgan fingerprint density at radius 2 is 1.86 bits per heavy atom. The van der Waals surface area contributed by atoms with E-state index in [1.165, 1.54) is 27.4 Å². The van der Waals surface area contributed by atoms with E-state index in [1.807, 2.05) is 13.8 Å². The molecule has 29 heavy (non-hydrogen) atoms. The minimum absolute atomic E-state index is 0.0763. The first-order valence-electron chi connectivity index (χ1n) is 9.91. The Hall–Kier alpha value is -1.64. The van der Waals surface area contributed by atoms with Crippen LogP contribution in [0.3, 0.4) is 0 Å². The zero-order valence-electron chi connectivity index (χ0n) is 17.2. The number of benzene rings is 1. The number of sulfonamides is 1. The van der Waals surface area contributed by atoms with Crippen LogP contribution in [0.1, 0.15) is 50.4 Å². The molecular formula is C20H29ClN2O5S. The van der Waals surface area contributed by atoms with Gasteiger partial charge in [-0.1, -0.05) is 31.9 Å². The van der Waals surface area contributed by atoms with Crippen molar-refractivity contribution in [2.75, 3.05) is 32.8 Å². The number of ether oxygens (including phenoxy) is 1. The third-order valence-corrected chi connectivity index (χ3v) is 6.99. The minimum Gasteiger partial charge on any atom is -0.465 e. The lowest BCUT2D eigenvalue weighted by atomic mass is 10.1. The molecule has 0 aromatic heterocycles. The molecule has 1 amide bonds. The fourth-order valence-corrected chi connectivity index (χ4v) is 5.30. The summed E-state index contributed by atoms with van der Waals surface area (Å²) in [6.45, 7) is 6.82. The maximum absolute atomic E-state index is 13.1. The number of carbonyl (C=O) groups is 2. The second-order valence-electron chi connectivity index (χ2n) is 7.49. The highest BCUT2D eigenvalue weighted by molar-refractivity contribution is 7.89. The fraction of sp³-hybridized carbons (Fsp3) is 0.600. The number of carbonyl (C=O) groups excluding carboxylic acids is 2. The van der Waals surface area contributed by atoms with Gasteiger partial charge >= 0.3 is 5.97 Å². The summed E-state index contributed by atoms with van der Waals surface area (Å²) < 4.78 is 32.4. The predicted octanol–water partition coefficient (Wildman–Crippen LogP) is 3.18. The zero-order chi connectivity index (χ0) is 21.6. The number of rotatable bonds is 8. The van der Waals surface area contributed by atoms with Gasteiger partial charge in [-0.25, -0.2) is 8.42 Å². The number of nitrogens with zero attached hydrogens (tertiary/aromatic N) is 2. The van der Waals surface area contributed by atoms with Gasteiger partial charge < -0.3 is 9.64 Å². The number of amides is 1. The number of piperidine rings is 1. The molecule has 7 nitrogen and oxygen atoms in total. The van der Waals surface area contributed by atoms with Crippen molar-refractivity contribution in [2.24, 2.45) is 5.92 Å². The van der Waals surface area contributed by atoms with Crippen LogP contribution in [0, 0.1) is 5.92 Å². The molecule has 0 unspecified atom stereocenters. The summed E-state index contributed by atoms with van der Waals surface area (Å²) in [5.74, 6) is -0.813. The van der Waals surface area contributed by atoms with Crippen LogP contribution in [-0.4, -0.2) is 62.3 Å². The predicted molar refractivity (Wildman–Crippen MR) is 111 cm³/mol. The van der Waals surface area contributed by atoms with Gasteiger partial charge in [0.1, 0.15) is 11.4 Å². The first-order valence-corrected chi connectivity index (χ1v) is 11.7. The summed E-state index contributed by atoms with van der Waals surface area (Å²) in [7, 11) is -3.79. The molecule has 1 aromatic carbocycles. The van der Waals surface area contributed by atoms with Crippen LogP contribution in [0.25, 0.3) is 0 Å². The standard InChI is InChI=1S/C20H29ClN2O5S/c1-4-28-19(24)14-22(13-15(2)3)20(25)16-8-9-17(21)18(12-16)29(26,27)23-10-6-5-7-11-23/h8-9,12,15H,4-7,10-11,13-14H2,1-3H3. The SMILES string of the molecule is CCOC(=O)CN(CC(C)C)C(=O)c1ccc(Cl)c(S(=O)(=O)N2CCCCC2)c1. The van der Waals surface area contributed by atoms with Crippen LogP contribution in [-0.2, 0) is 19.6 Å². The average Bonchev–Trinajstić information content (AvgIpc) is 2.67. The van der Waals surface area contributed by atoms with Crippen LogP contribution in [0.2, 0.25) is 5.02 Å². The van der Waals surface area contributed by atoms with Gasteiger partial charge in [-0.15, -0.1) is 0 Å². The topological polar surface area (TPSA) is 84.0 Å². The second-order valence-corrected chi connectivity index (χ2v) is 9.81. The van der Waals surface area contributed by atoms with Crippen molar-refractivity contribution in [3.05, 3.63) is 28.8 Å². The molecule has 0 atom stereocenters. The Kier molecular flexibility index (Phi) is 8.48. The molecule has 9 heteroatoms. The molecule has 0 radical (unpaired) electrons. The van der Waals surface area contributed by atoms with Gasteiger partial charge in [0.15, 0.2) is 0 Å². The van der Waals surface area contributed by atoms with Crippen molar-refractivity contribution in [1.82, 2.24) is 9.21 Å². The molecular weight excluding hydrogens is 416 g/mol. The second kappa shape index (κ2) is 10.4. The van der Waals surface area contributed by atoms with E-state index in [1.54, 1.807) is 6.92 Å². The minimum atomic E-state index is -3.79. The van der Waals surface area contributed by atoms with Crippen LogP contribution in [0.15, 0.2) is 23.1 Å². The van der Waals surface area contributed by atoms with Crippen molar-refractivity contribution >= 4 is 33.5 Å². The third-order valence-electron chi connectivity index (χ3n) is 4.61. The van der Waals surface area contributed by atoms with Crippen LogP contribution in [0.5, 0.6) is 0 Å². The van der Waals surface area contributed by atoms with E-state index in [4.69, 9.17) is 16.3 Å². The van der Waals surface area contributed by atoms with Crippen molar-refractivity contribution < 1.29 is 22.7 Å². The summed E-state index contributed by atoms with van der Waals surface area (Å²) >= 11 is 6.19. The van der Waals surface area contributed by atoms with Gasteiger partial charge in [0.25, 0.3) is 5.91 Å². The molecule has 162 valence electrons. The molecule has 1 aromatic rings. The summed E-state index contributed by atoms with van der Waals surface area (Å²) in [6, 6.07) is 4.22. The molecule has 0 spiro atoms. The summed E-state index contributed by atoms with van der Waals surface area (Å²) in [5, 5.41) is 0.0768. The van der Waals surface area contributed by atoms with Crippen molar-refractivity contribution in [2.45, 2.75) is 44.9 Å². The molecule has 0 N–H and O–H groups in total. The summed E-state index contributed by atoms with van der Waals surface area (Å²) in [5.41, 5.74) is 0.176. The Bertz CT molecular complexity index is 835. The number of esters is 1. The Labute approximate surface area is 178 Å². The quantitative estimate of drug-likeness (QED) is 0.575. The van der Waals surface area contributed by atoms with E-state index in [-0.39, 0.29) is 34.6 Å². The average molecular weight is 445 g/mol. The molecule has 1 heterocycles. The maximum Gasteiger partial charge on any atom is 0.325 e. The highest BCUT2D eigenvalue weighted by atomic mass is 35.5. The molecule has 1 saturated heterocycles. The van der Waals surface area contributed by atoms with E-state index in [0.29, 0.717) is 19.6 Å². The van der Waals surface area contributed by atoms with E-state index >= 15 is 0 Å². The highest BCUT2D eigenvalue weighted by Crippen LogP contribution is 2.28. The van der Waals surface area contributed by atoms with E-state index in [2.05, 4.69) is 0 Å². The Morgan fingerprint density at radius 1 is 1.21 bits per heavy atom. The van der Waals surface area contributed by atoms with Crippen LogP contribution in [0.4, 0.5) is 0 Å². The number of hydrogen-bond acceptors (Lipinski definition) is 5. The van der Waals surface area contributed by atoms with Crippen molar-refractivity contribution in [3.63, 3.8) is 0 Å². The lowest BCUT2D eigenvalue weighted by Crippen LogP contribution is -2.39. The van der Waals surface area contributed by atoms with Crippen molar-refractivity contribution in [3.8, 4) is 0 Å². The molecule has 0 bridgehead atoms. The largest absolute Gasteiger partial charge is 0.465 e. The molecule has 0 saturated carbocycles. The monoisotopic (exact) mass is 444 g/mol.